The van der Waals surface area contributed by atoms with Gasteiger partial charge >= 0.3 is 19.1 Å². The van der Waals surface area contributed by atoms with Crippen molar-refractivity contribution in [2.75, 3.05) is 7.11 Å². The number of carbonyl (C=O) groups excluding carboxylic acids is 1. The Balaban J connectivity index is 0.000000153. The normalized spacial score (nSPS) is 10.6. The second-order valence-corrected chi connectivity index (χ2v) is 13.4. The molecule has 2 heterocycles. The number of benzene rings is 6. The molecule has 0 spiro atoms. The van der Waals surface area contributed by atoms with Crippen molar-refractivity contribution in [3.05, 3.63) is 160 Å². The molecule has 12 heteroatoms. The number of fused-ring (bicyclic) bond motifs is 2. The summed E-state index contributed by atoms with van der Waals surface area (Å²) in [5, 5.41) is 26.5. The maximum absolute atomic E-state index is 11.5. The maximum atomic E-state index is 11.5. The van der Waals surface area contributed by atoms with Crippen molar-refractivity contribution in [1.82, 2.24) is 9.97 Å². The molecule has 0 saturated heterocycles. The predicted molar refractivity (Wildman–Crippen MR) is 216 cm³/mol. The zero-order valence-electron chi connectivity index (χ0n) is 29.9. The number of hydrogen-bond acceptors (Lipinski definition) is 9. The summed E-state index contributed by atoms with van der Waals surface area (Å²) in [7, 11) is 0.00648. The first-order valence-electron chi connectivity index (χ1n) is 17.0. The van der Waals surface area contributed by atoms with Gasteiger partial charge in [-0.15, -0.1) is 0 Å². The van der Waals surface area contributed by atoms with Crippen LogP contribution in [0.2, 0.25) is 0 Å². The van der Waals surface area contributed by atoms with Crippen LogP contribution >= 0.6 is 15.9 Å². The molecule has 6 aromatic carbocycles. The number of carbonyl (C=O) groups is 2. The Labute approximate surface area is 325 Å². The minimum Gasteiger partial charge on any atom is -0.478 e. The van der Waals surface area contributed by atoms with E-state index >= 15 is 0 Å². The summed E-state index contributed by atoms with van der Waals surface area (Å²) in [4.78, 5) is 31.6. The van der Waals surface area contributed by atoms with E-state index in [-0.39, 0.29) is 11.5 Å². The number of aromatic nitrogens is 2. The predicted octanol–water partition coefficient (Wildman–Crippen LogP) is 8.89. The molecule has 0 radical (unpaired) electrons. The molecule has 0 aliphatic heterocycles. The van der Waals surface area contributed by atoms with Crippen molar-refractivity contribution in [3.8, 4) is 34.0 Å². The van der Waals surface area contributed by atoms with E-state index in [9.17, 15) is 9.59 Å². The summed E-state index contributed by atoms with van der Waals surface area (Å²) < 4.78 is 17.1. The van der Waals surface area contributed by atoms with Crippen LogP contribution in [0.15, 0.2) is 147 Å². The lowest BCUT2D eigenvalue weighted by atomic mass is 9.80. The van der Waals surface area contributed by atoms with Crippen molar-refractivity contribution in [2.45, 2.75) is 13.8 Å². The Bertz CT molecular complexity index is 2600. The first kappa shape index (κ1) is 38.4. The number of esters is 1. The molecule has 3 N–H and O–H groups in total. The molecule has 0 bridgehead atoms. The lowest BCUT2D eigenvalue weighted by Crippen LogP contribution is -2.29. The molecule has 274 valence electrons. The van der Waals surface area contributed by atoms with Crippen LogP contribution in [0.4, 0.5) is 0 Å². The fourth-order valence-electron chi connectivity index (χ4n) is 5.42. The Morgan fingerprint density at radius 1 is 0.618 bits per heavy atom. The molecule has 8 rings (SSSR count). The smallest absolute Gasteiger partial charge is 0.478 e. The molecule has 2 aromatic heterocycles. The fourth-order valence-corrected chi connectivity index (χ4v) is 5.77. The van der Waals surface area contributed by atoms with Gasteiger partial charge in [0.05, 0.1) is 18.2 Å². The van der Waals surface area contributed by atoms with Crippen LogP contribution < -0.4 is 5.46 Å². The van der Waals surface area contributed by atoms with Gasteiger partial charge < -0.3 is 28.7 Å². The molecule has 0 unspecified atom stereocenters. The number of hydrogen-bond donors (Lipinski definition) is 3. The van der Waals surface area contributed by atoms with Crippen LogP contribution in [0.1, 0.15) is 31.8 Å². The Hall–Kier alpha value is -6.34. The maximum Gasteiger partial charge on any atom is 0.488 e. The SMILES string of the molecule is COC(=O)c1cccc(-c2nc3cc(Br)ccc3o2)c1.Cc1ccc(-c2ccc3oc(-c4cccc(C(=O)O)c4)nc3c2)cc1.Cc1ccc(B(O)O)cc1. The first-order valence-corrected chi connectivity index (χ1v) is 17.8. The quantitative estimate of drug-likeness (QED) is 0.110. The highest BCUT2D eigenvalue weighted by atomic mass is 79.9. The number of nitrogens with zero attached hydrogens (tertiary/aromatic N) is 2. The van der Waals surface area contributed by atoms with Gasteiger partial charge in [0, 0.05) is 15.6 Å². The topological polar surface area (TPSA) is 156 Å². The van der Waals surface area contributed by atoms with Gasteiger partial charge in [0.1, 0.15) is 11.0 Å². The van der Waals surface area contributed by atoms with E-state index in [1.165, 1.54) is 12.7 Å². The highest BCUT2D eigenvalue weighted by Gasteiger charge is 2.14. The fraction of sp³-hybridized carbons (Fsp3) is 0.0698. The highest BCUT2D eigenvalue weighted by molar-refractivity contribution is 9.10. The summed E-state index contributed by atoms with van der Waals surface area (Å²) in [6, 6.07) is 40.4. The van der Waals surface area contributed by atoms with Gasteiger partial charge in [-0.3, -0.25) is 0 Å². The van der Waals surface area contributed by atoms with Crippen LogP contribution in [-0.2, 0) is 4.74 Å². The number of aromatic carboxylic acids is 1. The molecule has 10 nitrogen and oxygen atoms in total. The van der Waals surface area contributed by atoms with Crippen molar-refractivity contribution < 1.29 is 38.3 Å². The van der Waals surface area contributed by atoms with E-state index in [0.717, 1.165) is 37.8 Å². The average Bonchev–Trinajstić information content (AvgIpc) is 3.83. The molecule has 0 saturated carbocycles. The second-order valence-electron chi connectivity index (χ2n) is 12.4. The number of carboxylic acid groups (broad SMARTS) is 1. The molecule has 0 aliphatic carbocycles. The van der Waals surface area contributed by atoms with Gasteiger partial charge in [0.15, 0.2) is 11.2 Å². The van der Waals surface area contributed by atoms with Crippen LogP contribution in [-0.4, -0.2) is 51.3 Å². The Morgan fingerprint density at radius 2 is 1.13 bits per heavy atom. The van der Waals surface area contributed by atoms with E-state index in [2.05, 4.69) is 57.1 Å². The zero-order chi connectivity index (χ0) is 39.1. The summed E-state index contributed by atoms with van der Waals surface area (Å²) in [5.41, 5.74) is 9.98. The third kappa shape index (κ3) is 9.62. The largest absolute Gasteiger partial charge is 0.488 e. The number of rotatable bonds is 6. The molecular weight excluding hydrogens is 763 g/mol. The number of methoxy groups -OCH3 is 1. The van der Waals surface area contributed by atoms with Gasteiger partial charge in [-0.2, -0.15) is 0 Å². The van der Waals surface area contributed by atoms with E-state index < -0.39 is 13.1 Å². The number of aryl methyl sites for hydroxylation is 2. The summed E-state index contributed by atoms with van der Waals surface area (Å²) in [6.45, 7) is 4.01. The molecule has 0 fully saturated rings. The number of carboxylic acids is 1. The lowest BCUT2D eigenvalue weighted by Gasteiger charge is -2.01. The van der Waals surface area contributed by atoms with Crippen LogP contribution in [0, 0.1) is 13.8 Å². The summed E-state index contributed by atoms with van der Waals surface area (Å²) >= 11 is 3.40. The van der Waals surface area contributed by atoms with Crippen molar-refractivity contribution in [1.29, 1.82) is 0 Å². The van der Waals surface area contributed by atoms with E-state index in [1.54, 1.807) is 54.6 Å². The van der Waals surface area contributed by atoms with Crippen molar-refractivity contribution >= 4 is 62.6 Å². The van der Waals surface area contributed by atoms with Gasteiger partial charge in [-0.05, 0) is 97.2 Å². The zero-order valence-corrected chi connectivity index (χ0v) is 31.5. The standard InChI is InChI=1S/C21H15NO3.C15H10BrNO3.C7H9BO2/c1-13-5-7-14(8-6-13)15-9-10-19-18(12-15)22-20(25-19)16-3-2-4-17(11-16)21(23)24;1-19-15(18)10-4-2-3-9(7-10)14-17-12-8-11(16)5-6-13(12)20-14;1-6-2-4-7(5-3-6)8(9)10/h2-12H,1H3,(H,23,24);2-8H,1H3;2-5,9-10H,1H3. The minimum atomic E-state index is -1.35. The molecular formula is C43H34BBrN2O8. The Kier molecular flexibility index (Phi) is 12.0. The van der Waals surface area contributed by atoms with Crippen LogP contribution in [0.5, 0.6) is 0 Å². The minimum absolute atomic E-state index is 0.208. The lowest BCUT2D eigenvalue weighted by molar-refractivity contribution is 0.0599. The van der Waals surface area contributed by atoms with Crippen LogP contribution in [0.25, 0.3) is 56.2 Å². The van der Waals surface area contributed by atoms with Gasteiger partial charge in [0.25, 0.3) is 0 Å². The van der Waals surface area contributed by atoms with Gasteiger partial charge in [-0.25, -0.2) is 19.6 Å². The van der Waals surface area contributed by atoms with Crippen molar-refractivity contribution in [2.24, 2.45) is 0 Å². The second kappa shape index (κ2) is 17.2. The molecule has 0 amide bonds. The third-order valence-corrected chi connectivity index (χ3v) is 8.88. The first-order chi connectivity index (χ1) is 26.5. The van der Waals surface area contributed by atoms with Gasteiger partial charge in [0.2, 0.25) is 11.8 Å². The van der Waals surface area contributed by atoms with E-state index in [0.29, 0.717) is 39.5 Å². The van der Waals surface area contributed by atoms with E-state index in [4.69, 9.17) is 28.7 Å². The molecule has 0 aliphatic rings. The van der Waals surface area contributed by atoms with Gasteiger partial charge in [-0.1, -0.05) is 93.8 Å². The van der Waals surface area contributed by atoms with Crippen LogP contribution in [0.3, 0.4) is 0 Å². The van der Waals surface area contributed by atoms with E-state index in [1.807, 2.05) is 61.5 Å². The Morgan fingerprint density at radius 3 is 1.69 bits per heavy atom. The van der Waals surface area contributed by atoms with Crippen molar-refractivity contribution in [3.63, 3.8) is 0 Å². The monoisotopic (exact) mass is 796 g/mol. The average molecular weight is 797 g/mol. The number of halogens is 1. The summed E-state index contributed by atoms with van der Waals surface area (Å²) in [5.74, 6) is -0.465. The molecule has 55 heavy (non-hydrogen) atoms. The highest BCUT2D eigenvalue weighted by Crippen LogP contribution is 2.30. The number of oxazole rings is 2. The molecule has 8 aromatic rings. The molecule has 0 atom stereocenters. The summed E-state index contributed by atoms with van der Waals surface area (Å²) in [6.07, 6.45) is 0. The number of ether oxygens (including phenoxy) is 1. The third-order valence-electron chi connectivity index (χ3n) is 8.38.